The molecule has 6 nitrogen and oxygen atoms in total. The lowest BCUT2D eigenvalue weighted by molar-refractivity contribution is 0.611. The Morgan fingerprint density at radius 2 is 1.84 bits per heavy atom. The molecule has 1 unspecified atom stereocenters. The van der Waals surface area contributed by atoms with Crippen molar-refractivity contribution in [3.8, 4) is 0 Å². The van der Waals surface area contributed by atoms with Gasteiger partial charge in [-0.05, 0) is 48.2 Å². The Morgan fingerprint density at radius 3 is 2.61 bits per heavy atom. The number of anilines is 1. The Kier molecular flexibility index (Phi) is 5.48. The number of hydrogen-bond acceptors (Lipinski definition) is 4. The molecule has 1 aliphatic heterocycles. The highest BCUT2D eigenvalue weighted by Crippen LogP contribution is 2.25. The molecule has 0 radical (unpaired) electrons. The molecule has 2 aromatic heterocycles. The summed E-state index contributed by atoms with van der Waals surface area (Å²) in [7, 11) is 0. The summed E-state index contributed by atoms with van der Waals surface area (Å²) in [4.78, 5) is 7.56. The topological polar surface area (TPSA) is 71.4 Å². The van der Waals surface area contributed by atoms with Crippen molar-refractivity contribution in [3.63, 3.8) is 0 Å². The molecule has 31 heavy (non-hydrogen) atoms. The second-order valence-corrected chi connectivity index (χ2v) is 7.97. The molecular weight excluding hydrogens is 391 g/mol. The van der Waals surface area contributed by atoms with Gasteiger partial charge in [-0.25, -0.2) is 9.37 Å². The lowest BCUT2D eigenvalue weighted by Crippen LogP contribution is -2.14. The number of halogens is 1. The molecule has 0 spiro atoms. The zero-order valence-corrected chi connectivity index (χ0v) is 17.3. The number of aromatic nitrogens is 5. The van der Waals surface area contributed by atoms with Crippen LogP contribution in [-0.2, 0) is 19.4 Å². The molecule has 0 bridgehead atoms. The van der Waals surface area contributed by atoms with Crippen molar-refractivity contribution >= 4 is 5.69 Å². The molecule has 3 heterocycles. The smallest absolute Gasteiger partial charge is 0.137 e. The quantitative estimate of drug-likeness (QED) is 0.480. The highest BCUT2D eigenvalue weighted by Gasteiger charge is 2.17. The van der Waals surface area contributed by atoms with Gasteiger partial charge >= 0.3 is 0 Å². The van der Waals surface area contributed by atoms with Gasteiger partial charge in [0.1, 0.15) is 29.3 Å². The van der Waals surface area contributed by atoms with E-state index in [2.05, 4.69) is 54.3 Å². The van der Waals surface area contributed by atoms with Gasteiger partial charge in [0, 0.05) is 37.5 Å². The number of nitrogens with one attached hydrogen (secondary N) is 2. The summed E-state index contributed by atoms with van der Waals surface area (Å²) >= 11 is 0. The molecule has 0 aliphatic carbocycles. The monoisotopic (exact) mass is 416 g/mol. The Morgan fingerprint density at radius 1 is 1.00 bits per heavy atom. The van der Waals surface area contributed by atoms with Gasteiger partial charge in [0.2, 0.25) is 0 Å². The SMILES string of the molecule is Fc1ccc(C(Nc2ccc(Cc3nnc4n3CCCCC4)cc2)c2ncc[nH]2)cc1. The molecule has 0 fully saturated rings. The fourth-order valence-electron chi connectivity index (χ4n) is 4.14. The van der Waals surface area contributed by atoms with Crippen molar-refractivity contribution in [1.29, 1.82) is 0 Å². The van der Waals surface area contributed by atoms with E-state index >= 15 is 0 Å². The van der Waals surface area contributed by atoms with Crippen LogP contribution in [0.1, 0.15) is 53.9 Å². The number of H-pyrrole nitrogens is 1. The summed E-state index contributed by atoms with van der Waals surface area (Å²) in [5, 5.41) is 12.4. The molecule has 2 aromatic carbocycles. The second-order valence-electron chi connectivity index (χ2n) is 7.97. The molecule has 0 amide bonds. The summed E-state index contributed by atoms with van der Waals surface area (Å²) in [6.45, 7) is 1.01. The van der Waals surface area contributed by atoms with E-state index < -0.39 is 0 Å². The maximum absolute atomic E-state index is 13.4. The van der Waals surface area contributed by atoms with E-state index in [4.69, 9.17) is 0 Å². The van der Waals surface area contributed by atoms with Crippen LogP contribution in [0.3, 0.4) is 0 Å². The Balaban J connectivity index is 1.33. The first-order valence-electron chi connectivity index (χ1n) is 10.8. The van der Waals surface area contributed by atoms with Crippen LogP contribution in [0, 0.1) is 5.82 Å². The first-order chi connectivity index (χ1) is 15.3. The largest absolute Gasteiger partial charge is 0.372 e. The van der Waals surface area contributed by atoms with E-state index in [1.54, 1.807) is 24.5 Å². The molecule has 2 N–H and O–H groups in total. The predicted molar refractivity (Wildman–Crippen MR) is 117 cm³/mol. The van der Waals surface area contributed by atoms with Gasteiger partial charge < -0.3 is 14.9 Å². The van der Waals surface area contributed by atoms with Crippen molar-refractivity contribution in [2.75, 3.05) is 5.32 Å². The third-order valence-corrected chi connectivity index (χ3v) is 5.81. The number of fused-ring (bicyclic) bond motifs is 1. The predicted octanol–water partition coefficient (Wildman–Crippen LogP) is 4.66. The summed E-state index contributed by atoms with van der Waals surface area (Å²) in [5.41, 5.74) is 3.10. The molecule has 0 saturated carbocycles. The van der Waals surface area contributed by atoms with E-state index in [0.717, 1.165) is 48.1 Å². The summed E-state index contributed by atoms with van der Waals surface area (Å²) < 4.78 is 15.7. The van der Waals surface area contributed by atoms with E-state index in [1.807, 2.05) is 0 Å². The van der Waals surface area contributed by atoms with Gasteiger partial charge in [-0.3, -0.25) is 0 Å². The third-order valence-electron chi connectivity index (χ3n) is 5.81. The normalized spacial score (nSPS) is 14.6. The van der Waals surface area contributed by atoms with Gasteiger partial charge in [-0.2, -0.15) is 0 Å². The molecule has 7 heteroatoms. The van der Waals surface area contributed by atoms with Crippen LogP contribution < -0.4 is 5.32 Å². The van der Waals surface area contributed by atoms with Gasteiger partial charge in [-0.1, -0.05) is 30.7 Å². The van der Waals surface area contributed by atoms with Crippen LogP contribution in [-0.4, -0.2) is 24.7 Å². The van der Waals surface area contributed by atoms with Gasteiger partial charge in [0.15, 0.2) is 0 Å². The molecular formula is C24H25FN6. The van der Waals surface area contributed by atoms with Crippen LogP contribution in [0.25, 0.3) is 0 Å². The average Bonchev–Trinajstić information content (AvgIpc) is 3.39. The fourth-order valence-corrected chi connectivity index (χ4v) is 4.14. The molecule has 5 rings (SSSR count). The first kappa shape index (κ1) is 19.5. The van der Waals surface area contributed by atoms with Crippen LogP contribution in [0.15, 0.2) is 60.9 Å². The molecule has 158 valence electrons. The van der Waals surface area contributed by atoms with E-state index in [1.165, 1.54) is 37.0 Å². The minimum absolute atomic E-state index is 0.200. The fraction of sp³-hybridized carbons (Fsp3) is 0.292. The highest BCUT2D eigenvalue weighted by atomic mass is 19.1. The number of imidazole rings is 1. The number of aryl methyl sites for hydroxylation is 1. The second kappa shape index (κ2) is 8.71. The summed E-state index contributed by atoms with van der Waals surface area (Å²) in [5.74, 6) is 2.68. The zero-order valence-electron chi connectivity index (χ0n) is 17.3. The maximum Gasteiger partial charge on any atom is 0.137 e. The standard InChI is InChI=1S/C24H25FN6/c25-19-9-7-18(8-10-19)23(24-26-13-14-27-24)28-20-11-5-17(6-12-20)16-22-30-29-21-4-2-1-3-15-31(21)22/h5-14,23,28H,1-4,15-16H2,(H,26,27). The number of hydrogen-bond donors (Lipinski definition) is 2. The van der Waals surface area contributed by atoms with Crippen LogP contribution in [0.4, 0.5) is 10.1 Å². The highest BCUT2D eigenvalue weighted by molar-refractivity contribution is 5.49. The number of aromatic amines is 1. The van der Waals surface area contributed by atoms with Crippen molar-refractivity contribution in [2.24, 2.45) is 0 Å². The lowest BCUT2D eigenvalue weighted by atomic mass is 10.1. The lowest BCUT2D eigenvalue weighted by Gasteiger charge is -2.19. The van der Waals surface area contributed by atoms with Gasteiger partial charge in [0.25, 0.3) is 0 Å². The molecule has 0 saturated heterocycles. The Hall–Kier alpha value is -3.48. The summed E-state index contributed by atoms with van der Waals surface area (Å²) in [6.07, 6.45) is 8.95. The van der Waals surface area contributed by atoms with E-state index in [-0.39, 0.29) is 11.9 Å². The van der Waals surface area contributed by atoms with Crippen molar-refractivity contribution in [1.82, 2.24) is 24.7 Å². The van der Waals surface area contributed by atoms with Crippen LogP contribution >= 0.6 is 0 Å². The van der Waals surface area contributed by atoms with E-state index in [9.17, 15) is 4.39 Å². The van der Waals surface area contributed by atoms with Crippen molar-refractivity contribution in [2.45, 2.75) is 44.7 Å². The van der Waals surface area contributed by atoms with E-state index in [0.29, 0.717) is 0 Å². The summed E-state index contributed by atoms with van der Waals surface area (Å²) in [6, 6.07) is 14.7. The van der Waals surface area contributed by atoms with Crippen LogP contribution in [0.5, 0.6) is 0 Å². The first-order valence-corrected chi connectivity index (χ1v) is 10.8. The van der Waals surface area contributed by atoms with Gasteiger partial charge in [0.05, 0.1) is 0 Å². The number of benzene rings is 2. The molecule has 1 atom stereocenters. The zero-order chi connectivity index (χ0) is 21.0. The van der Waals surface area contributed by atoms with Gasteiger partial charge in [-0.15, -0.1) is 10.2 Å². The molecule has 4 aromatic rings. The van der Waals surface area contributed by atoms with Crippen LogP contribution in [0.2, 0.25) is 0 Å². The average molecular weight is 417 g/mol. The Labute approximate surface area is 180 Å². The minimum atomic E-state index is -0.252. The number of nitrogens with zero attached hydrogens (tertiary/aromatic N) is 4. The Bertz CT molecular complexity index is 1120. The van der Waals surface area contributed by atoms with Crippen molar-refractivity contribution in [3.05, 3.63) is 95.3 Å². The minimum Gasteiger partial charge on any atom is -0.372 e. The maximum atomic E-state index is 13.4. The van der Waals surface area contributed by atoms with Crippen molar-refractivity contribution < 1.29 is 4.39 Å². The third kappa shape index (κ3) is 4.35. The molecule has 1 aliphatic rings. The number of rotatable bonds is 6.